The third kappa shape index (κ3) is 1.93. The van der Waals surface area contributed by atoms with Crippen LogP contribution in [0.1, 0.15) is 5.69 Å². The van der Waals surface area contributed by atoms with Crippen molar-refractivity contribution in [1.29, 1.82) is 0 Å². The zero-order chi connectivity index (χ0) is 11.5. The SMILES string of the molecule is Cc1[nH]n(C)c(=O)c1N=Nc1ccccc1. The Kier molecular flexibility index (Phi) is 2.68. The summed E-state index contributed by atoms with van der Waals surface area (Å²) in [5, 5.41) is 10.8. The molecular weight excluding hydrogens is 204 g/mol. The number of hydrogen-bond acceptors (Lipinski definition) is 3. The molecular formula is C11H12N4O. The number of rotatable bonds is 2. The monoisotopic (exact) mass is 216 g/mol. The van der Waals surface area contributed by atoms with Gasteiger partial charge in [-0.25, -0.2) is 0 Å². The van der Waals surface area contributed by atoms with E-state index in [1.165, 1.54) is 4.68 Å². The van der Waals surface area contributed by atoms with Gasteiger partial charge >= 0.3 is 0 Å². The van der Waals surface area contributed by atoms with Gasteiger partial charge in [0.1, 0.15) is 0 Å². The number of hydrogen-bond donors (Lipinski definition) is 1. The van der Waals surface area contributed by atoms with Crippen LogP contribution in [0.2, 0.25) is 0 Å². The molecule has 1 aromatic carbocycles. The number of nitrogens with zero attached hydrogens (tertiary/aromatic N) is 3. The summed E-state index contributed by atoms with van der Waals surface area (Å²) in [5.41, 5.74) is 1.63. The third-order valence-electron chi connectivity index (χ3n) is 2.22. The van der Waals surface area contributed by atoms with E-state index in [1.54, 1.807) is 14.0 Å². The van der Waals surface area contributed by atoms with E-state index in [9.17, 15) is 4.79 Å². The number of nitrogens with one attached hydrogen (secondary N) is 1. The first-order valence-corrected chi connectivity index (χ1v) is 4.91. The molecule has 0 spiro atoms. The normalized spacial score (nSPS) is 11.1. The first kappa shape index (κ1) is 10.4. The first-order chi connectivity index (χ1) is 7.68. The predicted molar refractivity (Wildman–Crippen MR) is 61.4 cm³/mol. The molecule has 0 amide bonds. The lowest BCUT2D eigenvalue weighted by Crippen LogP contribution is -2.10. The zero-order valence-corrected chi connectivity index (χ0v) is 9.14. The topological polar surface area (TPSA) is 62.5 Å². The third-order valence-corrected chi connectivity index (χ3v) is 2.22. The molecule has 5 nitrogen and oxygen atoms in total. The Morgan fingerprint density at radius 1 is 1.19 bits per heavy atom. The molecule has 0 aliphatic carbocycles. The number of azo groups is 1. The van der Waals surface area contributed by atoms with E-state index in [2.05, 4.69) is 15.3 Å². The van der Waals surface area contributed by atoms with Crippen LogP contribution in [0.25, 0.3) is 0 Å². The maximum Gasteiger partial charge on any atom is 0.294 e. The molecule has 2 aromatic rings. The molecule has 16 heavy (non-hydrogen) atoms. The largest absolute Gasteiger partial charge is 0.298 e. The molecule has 0 fully saturated rings. The second-order valence-electron chi connectivity index (χ2n) is 3.49. The number of aromatic nitrogens is 2. The lowest BCUT2D eigenvalue weighted by Gasteiger charge is -1.89. The van der Waals surface area contributed by atoms with Crippen molar-refractivity contribution < 1.29 is 0 Å². The minimum absolute atomic E-state index is 0.169. The van der Waals surface area contributed by atoms with Crippen molar-refractivity contribution >= 4 is 11.4 Å². The highest BCUT2D eigenvalue weighted by molar-refractivity contribution is 5.41. The Balaban J connectivity index is 2.35. The summed E-state index contributed by atoms with van der Waals surface area (Å²) in [6, 6.07) is 9.30. The number of aryl methyl sites for hydroxylation is 2. The van der Waals surface area contributed by atoms with Crippen LogP contribution in [0.15, 0.2) is 45.4 Å². The van der Waals surface area contributed by atoms with Crippen LogP contribution in [-0.4, -0.2) is 9.78 Å². The lowest BCUT2D eigenvalue weighted by molar-refractivity contribution is 0.731. The standard InChI is InChI=1S/C11H12N4O/c1-8-10(11(16)15(2)14-8)13-12-9-6-4-3-5-7-9/h3-7,14H,1-2H3. The molecule has 5 heteroatoms. The summed E-state index contributed by atoms with van der Waals surface area (Å²) in [7, 11) is 1.65. The molecule has 1 N–H and O–H groups in total. The second kappa shape index (κ2) is 4.14. The van der Waals surface area contributed by atoms with Crippen molar-refractivity contribution in [2.24, 2.45) is 17.3 Å². The van der Waals surface area contributed by atoms with Gasteiger partial charge in [-0.1, -0.05) is 18.2 Å². The Bertz CT molecular complexity index is 565. The van der Waals surface area contributed by atoms with Crippen LogP contribution in [0, 0.1) is 6.92 Å². The molecule has 0 atom stereocenters. The molecule has 0 aliphatic rings. The zero-order valence-electron chi connectivity index (χ0n) is 9.14. The molecule has 1 heterocycles. The summed E-state index contributed by atoms with van der Waals surface area (Å²) in [5.74, 6) is 0. The summed E-state index contributed by atoms with van der Waals surface area (Å²) < 4.78 is 1.38. The smallest absolute Gasteiger partial charge is 0.294 e. The van der Waals surface area contributed by atoms with E-state index in [4.69, 9.17) is 0 Å². The van der Waals surface area contributed by atoms with Gasteiger partial charge in [0.2, 0.25) is 0 Å². The van der Waals surface area contributed by atoms with Gasteiger partial charge in [-0.2, -0.15) is 5.11 Å². The molecule has 0 bridgehead atoms. The maximum absolute atomic E-state index is 11.6. The van der Waals surface area contributed by atoms with Crippen LogP contribution in [0.5, 0.6) is 0 Å². The predicted octanol–water partition coefficient (Wildman–Crippen LogP) is 2.44. The van der Waals surface area contributed by atoms with Crippen LogP contribution < -0.4 is 5.56 Å². The van der Waals surface area contributed by atoms with Gasteiger partial charge in [0.25, 0.3) is 5.56 Å². The van der Waals surface area contributed by atoms with Crippen LogP contribution in [0.4, 0.5) is 11.4 Å². The number of aromatic amines is 1. The van der Waals surface area contributed by atoms with Crippen molar-refractivity contribution in [2.45, 2.75) is 6.92 Å². The molecule has 82 valence electrons. The van der Waals surface area contributed by atoms with Crippen molar-refractivity contribution in [3.8, 4) is 0 Å². The summed E-state index contributed by atoms with van der Waals surface area (Å²) in [6.45, 7) is 1.79. The van der Waals surface area contributed by atoms with Gasteiger partial charge < -0.3 is 0 Å². The van der Waals surface area contributed by atoms with E-state index in [-0.39, 0.29) is 5.56 Å². The highest BCUT2D eigenvalue weighted by atomic mass is 16.1. The number of benzene rings is 1. The summed E-state index contributed by atoms with van der Waals surface area (Å²) in [4.78, 5) is 11.6. The minimum Gasteiger partial charge on any atom is -0.298 e. The highest BCUT2D eigenvalue weighted by Crippen LogP contribution is 2.16. The first-order valence-electron chi connectivity index (χ1n) is 4.91. The molecule has 0 aliphatic heterocycles. The lowest BCUT2D eigenvalue weighted by atomic mass is 10.3. The quantitative estimate of drug-likeness (QED) is 0.770. The molecule has 0 saturated carbocycles. The van der Waals surface area contributed by atoms with E-state index in [1.807, 2.05) is 30.3 Å². The Morgan fingerprint density at radius 2 is 1.88 bits per heavy atom. The van der Waals surface area contributed by atoms with Gasteiger partial charge in [-0.15, -0.1) is 5.11 Å². The van der Waals surface area contributed by atoms with Crippen molar-refractivity contribution in [1.82, 2.24) is 9.78 Å². The van der Waals surface area contributed by atoms with E-state index < -0.39 is 0 Å². The summed E-state index contributed by atoms with van der Waals surface area (Å²) >= 11 is 0. The highest BCUT2D eigenvalue weighted by Gasteiger charge is 2.06. The molecule has 0 saturated heterocycles. The van der Waals surface area contributed by atoms with Crippen molar-refractivity contribution in [3.05, 3.63) is 46.4 Å². The van der Waals surface area contributed by atoms with Crippen molar-refractivity contribution in [3.63, 3.8) is 0 Å². The fourth-order valence-corrected chi connectivity index (χ4v) is 1.39. The van der Waals surface area contributed by atoms with Crippen LogP contribution >= 0.6 is 0 Å². The Hall–Kier alpha value is -2.17. The summed E-state index contributed by atoms with van der Waals surface area (Å²) in [6.07, 6.45) is 0. The molecule has 0 radical (unpaired) electrons. The Morgan fingerprint density at radius 3 is 2.44 bits per heavy atom. The average Bonchev–Trinajstić information content (AvgIpc) is 2.53. The second-order valence-corrected chi connectivity index (χ2v) is 3.49. The van der Waals surface area contributed by atoms with E-state index >= 15 is 0 Å². The molecule has 2 rings (SSSR count). The Labute approximate surface area is 92.4 Å². The van der Waals surface area contributed by atoms with Gasteiger partial charge in [0, 0.05) is 7.05 Å². The van der Waals surface area contributed by atoms with Crippen LogP contribution in [-0.2, 0) is 7.05 Å². The average molecular weight is 216 g/mol. The fourth-order valence-electron chi connectivity index (χ4n) is 1.39. The molecule has 1 aromatic heterocycles. The van der Waals surface area contributed by atoms with E-state index in [0.29, 0.717) is 11.4 Å². The minimum atomic E-state index is -0.169. The van der Waals surface area contributed by atoms with Crippen LogP contribution in [0.3, 0.4) is 0 Å². The van der Waals surface area contributed by atoms with Gasteiger partial charge in [-0.3, -0.25) is 14.6 Å². The van der Waals surface area contributed by atoms with Gasteiger partial charge in [0.05, 0.1) is 11.4 Å². The maximum atomic E-state index is 11.6. The van der Waals surface area contributed by atoms with E-state index in [0.717, 1.165) is 5.69 Å². The fraction of sp³-hybridized carbons (Fsp3) is 0.182. The van der Waals surface area contributed by atoms with Gasteiger partial charge in [0.15, 0.2) is 5.69 Å². The van der Waals surface area contributed by atoms with Gasteiger partial charge in [-0.05, 0) is 19.1 Å². The number of H-pyrrole nitrogens is 1. The molecule has 0 unspecified atom stereocenters. The van der Waals surface area contributed by atoms with Crippen molar-refractivity contribution in [2.75, 3.05) is 0 Å².